The lowest BCUT2D eigenvalue weighted by Gasteiger charge is -2.09. The molecule has 102 valence electrons. The molecule has 0 fully saturated rings. The Labute approximate surface area is 127 Å². The number of ether oxygens (including phenoxy) is 1. The van der Waals surface area contributed by atoms with Crippen molar-refractivity contribution in [2.45, 2.75) is 6.54 Å². The second kappa shape index (κ2) is 5.73. The third-order valence-electron chi connectivity index (χ3n) is 3.17. The van der Waals surface area contributed by atoms with E-state index in [1.165, 1.54) is 10.1 Å². The van der Waals surface area contributed by atoms with Crippen LogP contribution in [0.25, 0.3) is 10.1 Å². The van der Waals surface area contributed by atoms with Crippen LogP contribution in [0.4, 0.5) is 5.69 Å². The number of benzene rings is 2. The molecule has 3 rings (SSSR count). The molecule has 1 N–H and O–H groups in total. The topological polar surface area (TPSA) is 21.3 Å². The third-order valence-corrected chi connectivity index (χ3v) is 4.36. The number of thiophene rings is 1. The standard InChI is InChI=1S/C16H14ClNOS/c1-19-15-4-2-11(8-14(15)17)10-18-13-3-5-16-12(9-13)6-7-20-16/h2-9,18H,10H2,1H3. The molecule has 0 spiro atoms. The van der Waals surface area contributed by atoms with Gasteiger partial charge in [-0.3, -0.25) is 0 Å². The van der Waals surface area contributed by atoms with Crippen molar-refractivity contribution in [3.05, 3.63) is 58.4 Å². The highest BCUT2D eigenvalue weighted by Crippen LogP contribution is 2.26. The van der Waals surface area contributed by atoms with Crippen LogP contribution in [0.3, 0.4) is 0 Å². The molecule has 0 saturated heterocycles. The van der Waals surface area contributed by atoms with Gasteiger partial charge in [0.15, 0.2) is 0 Å². The molecule has 1 aromatic heterocycles. The van der Waals surface area contributed by atoms with Crippen molar-refractivity contribution in [2.75, 3.05) is 12.4 Å². The number of rotatable bonds is 4. The molecule has 0 radical (unpaired) electrons. The molecular formula is C16H14ClNOS. The Morgan fingerprint density at radius 3 is 2.85 bits per heavy atom. The van der Waals surface area contributed by atoms with Crippen LogP contribution in [-0.2, 0) is 6.54 Å². The van der Waals surface area contributed by atoms with Crippen molar-refractivity contribution < 1.29 is 4.74 Å². The number of nitrogens with one attached hydrogen (secondary N) is 1. The van der Waals surface area contributed by atoms with Crippen molar-refractivity contribution in [3.8, 4) is 5.75 Å². The summed E-state index contributed by atoms with van der Waals surface area (Å²) in [7, 11) is 1.62. The zero-order valence-corrected chi connectivity index (χ0v) is 12.6. The summed E-state index contributed by atoms with van der Waals surface area (Å²) in [6.07, 6.45) is 0. The quantitative estimate of drug-likeness (QED) is 0.717. The summed E-state index contributed by atoms with van der Waals surface area (Å²) >= 11 is 7.88. The summed E-state index contributed by atoms with van der Waals surface area (Å²) < 4.78 is 6.46. The number of hydrogen-bond acceptors (Lipinski definition) is 3. The maximum Gasteiger partial charge on any atom is 0.137 e. The molecule has 0 aliphatic carbocycles. The molecule has 0 unspecified atom stereocenters. The monoisotopic (exact) mass is 303 g/mol. The molecule has 20 heavy (non-hydrogen) atoms. The van der Waals surface area contributed by atoms with E-state index in [2.05, 4.69) is 35.0 Å². The van der Waals surface area contributed by atoms with Crippen molar-refractivity contribution in [3.63, 3.8) is 0 Å². The Kier molecular flexibility index (Phi) is 3.81. The van der Waals surface area contributed by atoms with Crippen LogP contribution in [-0.4, -0.2) is 7.11 Å². The summed E-state index contributed by atoms with van der Waals surface area (Å²) in [6, 6.07) is 14.4. The average Bonchev–Trinajstić information content (AvgIpc) is 2.92. The van der Waals surface area contributed by atoms with Gasteiger partial charge in [0, 0.05) is 16.9 Å². The van der Waals surface area contributed by atoms with E-state index in [1.54, 1.807) is 18.4 Å². The molecular weight excluding hydrogens is 290 g/mol. The van der Waals surface area contributed by atoms with Crippen molar-refractivity contribution in [2.24, 2.45) is 0 Å². The van der Waals surface area contributed by atoms with Crippen LogP contribution in [0.15, 0.2) is 47.8 Å². The highest BCUT2D eigenvalue weighted by molar-refractivity contribution is 7.17. The van der Waals surface area contributed by atoms with Gasteiger partial charge in [-0.15, -0.1) is 11.3 Å². The number of hydrogen-bond donors (Lipinski definition) is 1. The maximum absolute atomic E-state index is 6.12. The molecule has 1 heterocycles. The van der Waals surface area contributed by atoms with E-state index in [4.69, 9.17) is 16.3 Å². The zero-order valence-electron chi connectivity index (χ0n) is 11.0. The molecule has 0 aliphatic rings. The molecule has 4 heteroatoms. The highest BCUT2D eigenvalue weighted by Gasteiger charge is 2.02. The van der Waals surface area contributed by atoms with E-state index in [9.17, 15) is 0 Å². The van der Waals surface area contributed by atoms with E-state index in [0.29, 0.717) is 10.8 Å². The second-order valence-corrected chi connectivity index (χ2v) is 5.85. The molecule has 0 atom stereocenters. The van der Waals surface area contributed by atoms with Gasteiger partial charge in [-0.1, -0.05) is 17.7 Å². The predicted molar refractivity (Wildman–Crippen MR) is 87.2 cm³/mol. The van der Waals surface area contributed by atoms with Crippen LogP contribution in [0.5, 0.6) is 5.75 Å². The Morgan fingerprint density at radius 2 is 2.05 bits per heavy atom. The van der Waals surface area contributed by atoms with Gasteiger partial charge >= 0.3 is 0 Å². The summed E-state index contributed by atoms with van der Waals surface area (Å²) in [5.74, 6) is 0.704. The molecule has 0 saturated carbocycles. The summed E-state index contributed by atoms with van der Waals surface area (Å²) in [5.41, 5.74) is 2.24. The Bertz CT molecular complexity index is 738. The van der Waals surface area contributed by atoms with Crippen molar-refractivity contribution >= 4 is 38.7 Å². The number of methoxy groups -OCH3 is 1. The van der Waals surface area contributed by atoms with E-state index >= 15 is 0 Å². The SMILES string of the molecule is COc1ccc(CNc2ccc3sccc3c2)cc1Cl. The minimum atomic E-state index is 0.639. The van der Waals surface area contributed by atoms with Gasteiger partial charge in [-0.25, -0.2) is 0 Å². The van der Waals surface area contributed by atoms with E-state index in [0.717, 1.165) is 17.8 Å². The lowest BCUT2D eigenvalue weighted by molar-refractivity contribution is 0.415. The number of halogens is 1. The molecule has 0 amide bonds. The highest BCUT2D eigenvalue weighted by atomic mass is 35.5. The van der Waals surface area contributed by atoms with Gasteiger partial charge in [0.2, 0.25) is 0 Å². The Hall–Kier alpha value is -1.71. The number of anilines is 1. The maximum atomic E-state index is 6.12. The molecule has 2 nitrogen and oxygen atoms in total. The summed E-state index contributed by atoms with van der Waals surface area (Å²) in [4.78, 5) is 0. The fraction of sp³-hybridized carbons (Fsp3) is 0.125. The second-order valence-electron chi connectivity index (χ2n) is 4.50. The average molecular weight is 304 g/mol. The Morgan fingerprint density at radius 1 is 1.15 bits per heavy atom. The van der Waals surface area contributed by atoms with E-state index in [1.807, 2.05) is 18.2 Å². The van der Waals surface area contributed by atoms with Crippen LogP contribution in [0, 0.1) is 0 Å². The fourth-order valence-electron chi connectivity index (χ4n) is 2.10. The van der Waals surface area contributed by atoms with Gasteiger partial charge in [-0.2, -0.15) is 0 Å². The van der Waals surface area contributed by atoms with Gasteiger partial charge < -0.3 is 10.1 Å². The molecule has 0 bridgehead atoms. The van der Waals surface area contributed by atoms with Gasteiger partial charge in [-0.05, 0) is 52.7 Å². The van der Waals surface area contributed by atoms with Gasteiger partial charge in [0.25, 0.3) is 0 Å². The van der Waals surface area contributed by atoms with Crippen LogP contribution in [0.2, 0.25) is 5.02 Å². The third kappa shape index (κ3) is 2.74. The molecule has 3 aromatic rings. The van der Waals surface area contributed by atoms with Crippen molar-refractivity contribution in [1.82, 2.24) is 0 Å². The lowest BCUT2D eigenvalue weighted by atomic mass is 10.2. The van der Waals surface area contributed by atoms with E-state index in [-0.39, 0.29) is 0 Å². The van der Waals surface area contributed by atoms with Crippen LogP contribution < -0.4 is 10.1 Å². The normalized spacial score (nSPS) is 10.7. The van der Waals surface area contributed by atoms with Gasteiger partial charge in [0.05, 0.1) is 12.1 Å². The van der Waals surface area contributed by atoms with Crippen molar-refractivity contribution in [1.29, 1.82) is 0 Å². The first-order valence-electron chi connectivity index (χ1n) is 6.30. The lowest BCUT2D eigenvalue weighted by Crippen LogP contribution is -1.99. The van der Waals surface area contributed by atoms with Gasteiger partial charge in [0.1, 0.15) is 5.75 Å². The fourth-order valence-corrected chi connectivity index (χ4v) is 3.15. The molecule has 2 aromatic carbocycles. The van der Waals surface area contributed by atoms with Crippen LogP contribution in [0.1, 0.15) is 5.56 Å². The van der Waals surface area contributed by atoms with E-state index < -0.39 is 0 Å². The summed E-state index contributed by atoms with van der Waals surface area (Å²) in [5, 5.41) is 7.43. The van der Waals surface area contributed by atoms with Crippen LogP contribution >= 0.6 is 22.9 Å². The first-order chi connectivity index (χ1) is 9.76. The minimum absolute atomic E-state index is 0.639. The summed E-state index contributed by atoms with van der Waals surface area (Å²) in [6.45, 7) is 0.735. The smallest absolute Gasteiger partial charge is 0.137 e. The largest absolute Gasteiger partial charge is 0.495 e. The minimum Gasteiger partial charge on any atom is -0.495 e. The Balaban J connectivity index is 1.73. The molecule has 0 aliphatic heterocycles. The zero-order chi connectivity index (χ0) is 13.9. The first kappa shape index (κ1) is 13.3. The first-order valence-corrected chi connectivity index (χ1v) is 7.55. The predicted octanol–water partition coefficient (Wildman–Crippen LogP) is 5.18. The number of fused-ring (bicyclic) bond motifs is 1.